The van der Waals surface area contributed by atoms with Gasteiger partial charge < -0.3 is 4.74 Å². The lowest BCUT2D eigenvalue weighted by Gasteiger charge is -2.06. The van der Waals surface area contributed by atoms with E-state index >= 15 is 0 Å². The van der Waals surface area contributed by atoms with Crippen molar-refractivity contribution >= 4 is 32.1 Å². The third-order valence-electron chi connectivity index (χ3n) is 3.28. The van der Waals surface area contributed by atoms with Gasteiger partial charge in [-0.2, -0.15) is 4.72 Å². The molecule has 2 aromatic carbocycles. The third-order valence-corrected chi connectivity index (χ3v) is 6.08. The molecular weight excluding hydrogens is 342 g/mol. The molecule has 0 fully saturated rings. The molecule has 3 rings (SSSR count). The van der Waals surface area contributed by atoms with Crippen LogP contribution in [0.4, 0.5) is 0 Å². The summed E-state index contributed by atoms with van der Waals surface area (Å²) in [6.07, 6.45) is 0. The van der Waals surface area contributed by atoms with Crippen LogP contribution in [-0.4, -0.2) is 21.6 Å². The molecular formula is C18H15NO3S2. The maximum atomic E-state index is 11.9. The van der Waals surface area contributed by atoms with Crippen molar-refractivity contribution in [1.29, 1.82) is 0 Å². The van der Waals surface area contributed by atoms with Crippen LogP contribution >= 0.6 is 11.3 Å². The summed E-state index contributed by atoms with van der Waals surface area (Å²) in [6, 6.07) is 17.1. The molecule has 1 aromatic heterocycles. The summed E-state index contributed by atoms with van der Waals surface area (Å²) in [5.41, 5.74) is 0. The molecule has 0 saturated heterocycles. The Balaban J connectivity index is 1.55. The minimum absolute atomic E-state index is 0.0547. The quantitative estimate of drug-likeness (QED) is 0.713. The SMILES string of the molecule is O=S(=O)(NCC#CCOc1cccc2ccccc12)c1cccs1. The van der Waals surface area contributed by atoms with Gasteiger partial charge in [0.05, 0.1) is 6.54 Å². The van der Waals surface area contributed by atoms with Gasteiger partial charge in [0.15, 0.2) is 0 Å². The predicted octanol–water partition coefficient (Wildman–Crippen LogP) is 3.26. The maximum Gasteiger partial charge on any atom is 0.250 e. The molecule has 0 aliphatic carbocycles. The number of sulfonamides is 1. The monoisotopic (exact) mass is 357 g/mol. The Kier molecular flexibility index (Phi) is 5.16. The minimum atomic E-state index is -3.46. The molecule has 0 aliphatic rings. The standard InChI is InChI=1S/C18H15NO3S2/c20-24(21,18-11-6-14-23-18)19-12-3-4-13-22-17-10-5-8-15-7-1-2-9-16(15)17/h1-2,5-11,14,19H,12-13H2. The first-order valence-electron chi connectivity index (χ1n) is 7.26. The summed E-state index contributed by atoms with van der Waals surface area (Å²) in [4.78, 5) is 0. The van der Waals surface area contributed by atoms with Gasteiger partial charge in [0, 0.05) is 5.39 Å². The van der Waals surface area contributed by atoms with Crippen molar-refractivity contribution in [2.75, 3.05) is 13.2 Å². The normalized spacial score (nSPS) is 11.0. The highest BCUT2D eigenvalue weighted by Gasteiger charge is 2.12. The summed E-state index contributed by atoms with van der Waals surface area (Å²) in [5.74, 6) is 6.35. The predicted molar refractivity (Wildman–Crippen MR) is 96.7 cm³/mol. The fraction of sp³-hybridized carbons (Fsp3) is 0.111. The Morgan fingerprint density at radius 1 is 1.00 bits per heavy atom. The summed E-state index contributed by atoms with van der Waals surface area (Å²) in [7, 11) is -3.46. The molecule has 0 atom stereocenters. The molecule has 0 spiro atoms. The molecule has 0 saturated carbocycles. The van der Waals surface area contributed by atoms with E-state index in [9.17, 15) is 8.42 Å². The van der Waals surface area contributed by atoms with Gasteiger partial charge in [0.1, 0.15) is 16.6 Å². The van der Waals surface area contributed by atoms with Gasteiger partial charge in [-0.25, -0.2) is 8.42 Å². The molecule has 0 radical (unpaired) electrons. The zero-order valence-electron chi connectivity index (χ0n) is 12.7. The molecule has 122 valence electrons. The Morgan fingerprint density at radius 3 is 2.67 bits per heavy atom. The van der Waals surface area contributed by atoms with Crippen LogP contribution in [0, 0.1) is 11.8 Å². The Hall–Kier alpha value is -2.33. The van der Waals surface area contributed by atoms with E-state index in [0.717, 1.165) is 16.5 Å². The average Bonchev–Trinajstić information content (AvgIpc) is 3.13. The van der Waals surface area contributed by atoms with Crippen LogP contribution in [0.2, 0.25) is 0 Å². The Labute approximate surface area is 145 Å². The van der Waals surface area contributed by atoms with E-state index in [2.05, 4.69) is 16.6 Å². The molecule has 3 aromatic rings. The molecule has 1 heterocycles. The van der Waals surface area contributed by atoms with Crippen LogP contribution < -0.4 is 9.46 Å². The molecule has 4 nitrogen and oxygen atoms in total. The highest BCUT2D eigenvalue weighted by Crippen LogP contribution is 2.24. The first-order valence-corrected chi connectivity index (χ1v) is 9.62. The molecule has 0 bridgehead atoms. The van der Waals surface area contributed by atoms with E-state index in [1.807, 2.05) is 42.5 Å². The largest absolute Gasteiger partial charge is 0.480 e. The summed E-state index contributed by atoms with van der Waals surface area (Å²) < 4.78 is 32.2. The van der Waals surface area contributed by atoms with Crippen LogP contribution in [0.15, 0.2) is 64.2 Å². The lowest BCUT2D eigenvalue weighted by atomic mass is 10.1. The van der Waals surface area contributed by atoms with Crippen LogP contribution in [-0.2, 0) is 10.0 Å². The number of hydrogen-bond donors (Lipinski definition) is 1. The molecule has 0 amide bonds. The second-order valence-corrected chi connectivity index (χ2v) is 7.82. The molecule has 0 aliphatic heterocycles. The second-order valence-electron chi connectivity index (χ2n) is 4.88. The number of fused-ring (bicyclic) bond motifs is 1. The average molecular weight is 357 g/mol. The number of nitrogens with one attached hydrogen (secondary N) is 1. The highest BCUT2D eigenvalue weighted by molar-refractivity contribution is 7.91. The van der Waals surface area contributed by atoms with Crippen molar-refractivity contribution < 1.29 is 13.2 Å². The van der Waals surface area contributed by atoms with Crippen LogP contribution in [0.5, 0.6) is 5.75 Å². The van der Waals surface area contributed by atoms with Gasteiger partial charge in [-0.1, -0.05) is 54.3 Å². The van der Waals surface area contributed by atoms with Gasteiger partial charge in [-0.15, -0.1) is 11.3 Å². The number of ether oxygens (including phenoxy) is 1. The van der Waals surface area contributed by atoms with Gasteiger partial charge in [-0.05, 0) is 22.9 Å². The lowest BCUT2D eigenvalue weighted by Crippen LogP contribution is -2.23. The fourth-order valence-electron chi connectivity index (χ4n) is 2.17. The van der Waals surface area contributed by atoms with E-state index < -0.39 is 10.0 Å². The van der Waals surface area contributed by atoms with E-state index in [1.54, 1.807) is 17.5 Å². The van der Waals surface area contributed by atoms with Gasteiger partial charge >= 0.3 is 0 Å². The molecule has 0 unspecified atom stereocenters. The lowest BCUT2D eigenvalue weighted by molar-refractivity contribution is 0.374. The van der Waals surface area contributed by atoms with Crippen molar-refractivity contribution in [3.05, 3.63) is 60.0 Å². The van der Waals surface area contributed by atoms with Crippen LogP contribution in [0.3, 0.4) is 0 Å². The topological polar surface area (TPSA) is 55.4 Å². The first kappa shape index (κ1) is 16.5. The number of rotatable bonds is 5. The molecule has 24 heavy (non-hydrogen) atoms. The van der Waals surface area contributed by atoms with Crippen molar-refractivity contribution in [2.24, 2.45) is 0 Å². The first-order chi connectivity index (χ1) is 11.7. The van der Waals surface area contributed by atoms with Crippen molar-refractivity contribution in [2.45, 2.75) is 4.21 Å². The fourth-order valence-corrected chi connectivity index (χ4v) is 4.13. The van der Waals surface area contributed by atoms with Gasteiger partial charge in [0.2, 0.25) is 0 Å². The van der Waals surface area contributed by atoms with E-state index in [-0.39, 0.29) is 17.4 Å². The van der Waals surface area contributed by atoms with Crippen LogP contribution in [0.25, 0.3) is 10.8 Å². The minimum Gasteiger partial charge on any atom is -0.480 e. The third kappa shape index (κ3) is 3.95. The van der Waals surface area contributed by atoms with E-state index in [4.69, 9.17) is 4.74 Å². The van der Waals surface area contributed by atoms with Crippen LogP contribution in [0.1, 0.15) is 0 Å². The summed E-state index contributed by atoms with van der Waals surface area (Å²) in [6.45, 7) is 0.258. The van der Waals surface area contributed by atoms with Gasteiger partial charge in [-0.3, -0.25) is 0 Å². The van der Waals surface area contributed by atoms with E-state index in [1.165, 1.54) is 11.3 Å². The van der Waals surface area contributed by atoms with Gasteiger partial charge in [0.25, 0.3) is 10.0 Å². The number of hydrogen-bond acceptors (Lipinski definition) is 4. The Morgan fingerprint density at radius 2 is 1.83 bits per heavy atom. The maximum absolute atomic E-state index is 11.9. The Bertz CT molecular complexity index is 979. The molecule has 6 heteroatoms. The number of benzene rings is 2. The van der Waals surface area contributed by atoms with Crippen molar-refractivity contribution in [3.8, 4) is 17.6 Å². The molecule has 1 N–H and O–H groups in total. The summed E-state index contributed by atoms with van der Waals surface area (Å²) >= 11 is 1.17. The van der Waals surface area contributed by atoms with E-state index in [0.29, 0.717) is 0 Å². The zero-order valence-corrected chi connectivity index (χ0v) is 14.4. The van der Waals surface area contributed by atoms with Crippen molar-refractivity contribution in [1.82, 2.24) is 4.72 Å². The second kappa shape index (κ2) is 7.49. The zero-order chi connectivity index (χ0) is 16.8. The number of thiophene rings is 1. The highest BCUT2D eigenvalue weighted by atomic mass is 32.2. The van der Waals surface area contributed by atoms with Crippen molar-refractivity contribution in [3.63, 3.8) is 0 Å². The smallest absolute Gasteiger partial charge is 0.250 e. The summed E-state index contributed by atoms with van der Waals surface area (Å²) in [5, 5.41) is 3.85.